The van der Waals surface area contributed by atoms with Crippen LogP contribution in [0.3, 0.4) is 0 Å². The number of hydrogen-bond acceptors (Lipinski definition) is 5. The van der Waals surface area contributed by atoms with Gasteiger partial charge in [-0.2, -0.15) is 9.61 Å². The molecule has 25 heavy (non-hydrogen) atoms. The highest BCUT2D eigenvalue weighted by atomic mass is 32.1. The molecule has 130 valence electrons. The monoisotopic (exact) mass is 355 g/mol. The fourth-order valence-corrected chi connectivity index (χ4v) is 3.86. The summed E-state index contributed by atoms with van der Waals surface area (Å²) in [5.74, 6) is 1.61. The molecule has 0 aliphatic heterocycles. The van der Waals surface area contributed by atoms with Gasteiger partial charge in [-0.3, -0.25) is 4.79 Å². The van der Waals surface area contributed by atoms with E-state index >= 15 is 0 Å². The maximum Gasteiger partial charge on any atom is 0.234 e. The molecular formula is C18H21N5OS. The molecule has 0 atom stereocenters. The van der Waals surface area contributed by atoms with E-state index in [0.717, 1.165) is 27.0 Å². The Labute approximate surface area is 150 Å². The molecule has 1 fully saturated rings. The van der Waals surface area contributed by atoms with Crippen molar-refractivity contribution < 1.29 is 4.79 Å². The molecule has 1 amide bonds. The van der Waals surface area contributed by atoms with Crippen LogP contribution >= 0.6 is 11.3 Å². The number of anilines is 1. The molecule has 0 spiro atoms. The van der Waals surface area contributed by atoms with Gasteiger partial charge in [0.25, 0.3) is 0 Å². The number of nitrogens with zero attached hydrogens (tertiary/aromatic N) is 5. The molecule has 0 N–H and O–H groups in total. The molecule has 2 aromatic heterocycles. The predicted octanol–water partition coefficient (Wildman–Crippen LogP) is 3.36. The largest absolute Gasteiger partial charge is 0.313 e. The minimum absolute atomic E-state index is 0.126. The van der Waals surface area contributed by atoms with Crippen LogP contribution in [0.15, 0.2) is 24.3 Å². The molecule has 4 rings (SSSR count). The maximum atomic E-state index is 12.7. The van der Waals surface area contributed by atoms with Crippen LogP contribution in [0.5, 0.6) is 0 Å². The molecule has 6 nitrogen and oxygen atoms in total. The van der Waals surface area contributed by atoms with Gasteiger partial charge in [0.1, 0.15) is 5.01 Å². The van der Waals surface area contributed by atoms with Crippen molar-refractivity contribution in [2.75, 3.05) is 11.4 Å². The van der Waals surface area contributed by atoms with Gasteiger partial charge in [-0.05, 0) is 44.4 Å². The molecule has 1 aromatic carbocycles. The summed E-state index contributed by atoms with van der Waals surface area (Å²) in [6, 6.07) is 8.06. The van der Waals surface area contributed by atoms with Gasteiger partial charge in [0.05, 0.1) is 0 Å². The van der Waals surface area contributed by atoms with Crippen molar-refractivity contribution in [1.29, 1.82) is 0 Å². The van der Waals surface area contributed by atoms with Crippen LogP contribution < -0.4 is 4.90 Å². The lowest BCUT2D eigenvalue weighted by Gasteiger charge is -2.21. The highest BCUT2D eigenvalue weighted by molar-refractivity contribution is 7.16. The molecule has 2 heterocycles. The van der Waals surface area contributed by atoms with Crippen molar-refractivity contribution in [2.24, 2.45) is 0 Å². The lowest BCUT2D eigenvalue weighted by molar-refractivity contribution is -0.118. The number of benzene rings is 1. The van der Waals surface area contributed by atoms with E-state index in [2.05, 4.69) is 15.3 Å². The summed E-state index contributed by atoms with van der Waals surface area (Å²) >= 11 is 1.53. The van der Waals surface area contributed by atoms with Crippen molar-refractivity contribution >= 4 is 27.9 Å². The summed E-state index contributed by atoms with van der Waals surface area (Å²) in [7, 11) is 0. The van der Waals surface area contributed by atoms with E-state index in [1.165, 1.54) is 24.2 Å². The summed E-state index contributed by atoms with van der Waals surface area (Å²) < 4.78 is 1.86. The zero-order chi connectivity index (χ0) is 17.4. The van der Waals surface area contributed by atoms with Gasteiger partial charge in [-0.15, -0.1) is 10.2 Å². The summed E-state index contributed by atoms with van der Waals surface area (Å²) in [5, 5.41) is 14.0. The van der Waals surface area contributed by atoms with E-state index in [0.29, 0.717) is 25.3 Å². The first-order valence-corrected chi connectivity index (χ1v) is 9.55. The van der Waals surface area contributed by atoms with Crippen LogP contribution in [-0.2, 0) is 11.2 Å². The van der Waals surface area contributed by atoms with Crippen LogP contribution in [0.4, 0.5) is 5.69 Å². The Hall–Kier alpha value is -2.28. The fraction of sp³-hybridized carbons (Fsp3) is 0.444. The minimum atomic E-state index is 0.126. The van der Waals surface area contributed by atoms with Crippen molar-refractivity contribution in [3.63, 3.8) is 0 Å². The third kappa shape index (κ3) is 3.28. The van der Waals surface area contributed by atoms with E-state index in [-0.39, 0.29) is 5.91 Å². The Morgan fingerprint density at radius 1 is 1.36 bits per heavy atom. The Balaban J connectivity index is 1.45. The zero-order valence-corrected chi connectivity index (χ0v) is 15.3. The Bertz CT molecular complexity index is 911. The maximum absolute atomic E-state index is 12.7. The Kier molecular flexibility index (Phi) is 4.25. The van der Waals surface area contributed by atoms with Gasteiger partial charge in [0, 0.05) is 31.0 Å². The van der Waals surface area contributed by atoms with Gasteiger partial charge < -0.3 is 4.90 Å². The average molecular weight is 355 g/mol. The lowest BCUT2D eigenvalue weighted by Crippen LogP contribution is -2.30. The van der Waals surface area contributed by atoms with E-state index in [1.54, 1.807) is 0 Å². The first-order chi connectivity index (χ1) is 12.2. The number of amides is 1. The molecule has 1 saturated carbocycles. The fourth-order valence-electron chi connectivity index (χ4n) is 3.02. The van der Waals surface area contributed by atoms with Crippen LogP contribution in [0.2, 0.25) is 0 Å². The van der Waals surface area contributed by atoms with Crippen LogP contribution in [0.1, 0.15) is 48.5 Å². The second kappa shape index (κ2) is 6.55. The average Bonchev–Trinajstić information content (AvgIpc) is 3.23. The van der Waals surface area contributed by atoms with Crippen molar-refractivity contribution in [1.82, 2.24) is 19.8 Å². The predicted molar refractivity (Wildman–Crippen MR) is 98.2 cm³/mol. The van der Waals surface area contributed by atoms with Crippen LogP contribution in [-0.4, -0.2) is 32.3 Å². The molecular weight excluding hydrogens is 334 g/mol. The van der Waals surface area contributed by atoms with Crippen LogP contribution in [0, 0.1) is 6.92 Å². The summed E-state index contributed by atoms with van der Waals surface area (Å²) in [5.41, 5.74) is 2.12. The van der Waals surface area contributed by atoms with Crippen molar-refractivity contribution in [3.8, 4) is 0 Å². The van der Waals surface area contributed by atoms with E-state index in [9.17, 15) is 4.79 Å². The summed E-state index contributed by atoms with van der Waals surface area (Å²) in [4.78, 5) is 15.3. The normalized spacial score (nSPS) is 14.2. The molecule has 7 heteroatoms. The number of carbonyl (C=O) groups is 1. The van der Waals surface area contributed by atoms with Crippen LogP contribution in [0.25, 0.3) is 4.96 Å². The van der Waals surface area contributed by atoms with Gasteiger partial charge in [-0.1, -0.05) is 23.5 Å². The zero-order valence-electron chi connectivity index (χ0n) is 14.5. The molecule has 0 unspecified atom stereocenters. The van der Waals surface area contributed by atoms with E-state index < -0.39 is 0 Å². The second-order valence-corrected chi connectivity index (χ2v) is 7.54. The molecule has 0 radical (unpaired) electrons. The van der Waals surface area contributed by atoms with Gasteiger partial charge in [0.2, 0.25) is 10.9 Å². The number of carbonyl (C=O) groups excluding carboxylic acids is 1. The number of aromatic nitrogens is 4. The minimum Gasteiger partial charge on any atom is -0.313 e. The first kappa shape index (κ1) is 16.2. The summed E-state index contributed by atoms with van der Waals surface area (Å²) in [6.07, 6.45) is 3.44. The number of fused-ring (bicyclic) bond motifs is 1. The van der Waals surface area contributed by atoms with Crippen molar-refractivity contribution in [2.45, 2.75) is 45.4 Å². The smallest absolute Gasteiger partial charge is 0.234 e. The molecule has 1 aliphatic rings. The standard InChI is InChI=1S/C18H21N5OS/c1-3-22(14-6-4-5-12(2)11-14)16(24)10-9-15-21-23-17(13-7-8-13)19-20-18(23)25-15/h4-6,11,13H,3,7-10H2,1-2H3. The van der Waals surface area contributed by atoms with Gasteiger partial charge >= 0.3 is 0 Å². The third-order valence-electron chi connectivity index (χ3n) is 4.48. The van der Waals surface area contributed by atoms with Gasteiger partial charge in [0.15, 0.2) is 5.82 Å². The topological polar surface area (TPSA) is 63.4 Å². The Morgan fingerprint density at radius 2 is 2.20 bits per heavy atom. The third-order valence-corrected chi connectivity index (χ3v) is 5.44. The SMILES string of the molecule is CCN(C(=O)CCc1nn2c(C3CC3)nnc2s1)c1cccc(C)c1. The number of aryl methyl sites for hydroxylation is 2. The highest BCUT2D eigenvalue weighted by Crippen LogP contribution is 2.39. The second-order valence-electron chi connectivity index (χ2n) is 6.50. The Morgan fingerprint density at radius 3 is 2.92 bits per heavy atom. The first-order valence-electron chi connectivity index (χ1n) is 8.73. The van der Waals surface area contributed by atoms with E-state index in [1.807, 2.05) is 47.5 Å². The lowest BCUT2D eigenvalue weighted by atomic mass is 10.2. The highest BCUT2D eigenvalue weighted by Gasteiger charge is 2.30. The molecule has 0 saturated heterocycles. The molecule has 1 aliphatic carbocycles. The summed E-state index contributed by atoms with van der Waals surface area (Å²) in [6.45, 7) is 4.71. The van der Waals surface area contributed by atoms with Gasteiger partial charge in [-0.25, -0.2) is 0 Å². The van der Waals surface area contributed by atoms with Crippen molar-refractivity contribution in [3.05, 3.63) is 40.7 Å². The van der Waals surface area contributed by atoms with E-state index in [4.69, 9.17) is 0 Å². The number of rotatable bonds is 6. The molecule has 0 bridgehead atoms. The number of hydrogen-bond donors (Lipinski definition) is 0. The quantitative estimate of drug-likeness (QED) is 0.680. The molecule has 3 aromatic rings.